The predicted molar refractivity (Wildman–Crippen MR) is 99.4 cm³/mol. The highest BCUT2D eigenvalue weighted by molar-refractivity contribution is 7.88. The molecule has 30 heavy (non-hydrogen) atoms. The summed E-state index contributed by atoms with van der Waals surface area (Å²) >= 11 is 5.81. The summed E-state index contributed by atoms with van der Waals surface area (Å²) in [5.74, 6) is -1.24. The maximum absolute atomic E-state index is 12.6. The molecule has 1 atom stereocenters. The maximum atomic E-state index is 12.6. The van der Waals surface area contributed by atoms with Gasteiger partial charge in [-0.25, -0.2) is 4.18 Å². The van der Waals surface area contributed by atoms with Crippen LogP contribution in [0.25, 0.3) is 0 Å². The molecule has 7 nitrogen and oxygen atoms in total. The van der Waals surface area contributed by atoms with Crippen LogP contribution in [0.4, 0.5) is 13.2 Å². The van der Waals surface area contributed by atoms with Gasteiger partial charge in [-0.1, -0.05) is 29.3 Å². The molecule has 1 aliphatic rings. The van der Waals surface area contributed by atoms with Gasteiger partial charge in [0, 0.05) is 23.1 Å². The third-order valence-electron chi connectivity index (χ3n) is 4.05. The van der Waals surface area contributed by atoms with Crippen molar-refractivity contribution < 1.29 is 43.1 Å². The monoisotopic (exact) mass is 486 g/mol. The zero-order chi connectivity index (χ0) is 22.5. The highest BCUT2D eigenvalue weighted by atomic mass is 35.5. The van der Waals surface area contributed by atoms with E-state index in [0.717, 1.165) is 11.6 Å². The molecule has 164 valence electrons. The van der Waals surface area contributed by atoms with Crippen molar-refractivity contribution in [2.24, 2.45) is 0 Å². The summed E-state index contributed by atoms with van der Waals surface area (Å²) in [6.07, 6.45) is -1.68. The third kappa shape index (κ3) is 4.51. The Morgan fingerprint density at radius 2 is 1.77 bits per heavy atom. The van der Waals surface area contributed by atoms with E-state index in [-0.39, 0.29) is 21.9 Å². The Labute approximate surface area is 175 Å². The van der Waals surface area contributed by atoms with Crippen LogP contribution in [0.2, 0.25) is 5.02 Å². The summed E-state index contributed by atoms with van der Waals surface area (Å²) in [5, 5.41) is -0.136. The van der Waals surface area contributed by atoms with Crippen molar-refractivity contribution in [2.45, 2.75) is 37.0 Å². The fourth-order valence-electron chi connectivity index (χ4n) is 2.81. The Hall–Kier alpha value is -2.02. The van der Waals surface area contributed by atoms with Crippen molar-refractivity contribution in [1.29, 1.82) is 0 Å². The summed E-state index contributed by atoms with van der Waals surface area (Å²) in [4.78, 5) is -0.109. The first-order chi connectivity index (χ1) is 13.7. The van der Waals surface area contributed by atoms with Gasteiger partial charge in [0.2, 0.25) is 6.29 Å². The average Bonchev–Trinajstić information content (AvgIpc) is 2.94. The number of fused-ring (bicyclic) bond motifs is 1. The number of hydrogen-bond acceptors (Lipinski definition) is 7. The first-order valence-electron chi connectivity index (χ1n) is 8.20. The van der Waals surface area contributed by atoms with Crippen LogP contribution in [0.15, 0.2) is 35.2 Å². The number of benzene rings is 2. The third-order valence-corrected chi connectivity index (χ3v) is 6.70. The lowest BCUT2D eigenvalue weighted by atomic mass is 10.1. The van der Waals surface area contributed by atoms with Gasteiger partial charge in [-0.05, 0) is 31.5 Å². The highest BCUT2D eigenvalue weighted by Gasteiger charge is 2.49. The molecule has 3 rings (SSSR count). The van der Waals surface area contributed by atoms with E-state index < -0.39 is 43.5 Å². The van der Waals surface area contributed by atoms with Crippen molar-refractivity contribution in [3.05, 3.63) is 52.0 Å². The molecule has 0 amide bonds. The molecule has 2 aromatic rings. The van der Waals surface area contributed by atoms with E-state index in [1.54, 1.807) is 26.0 Å². The van der Waals surface area contributed by atoms with Crippen molar-refractivity contribution in [3.8, 4) is 11.5 Å². The summed E-state index contributed by atoms with van der Waals surface area (Å²) in [6.45, 7) is 3.35. The molecule has 2 aromatic carbocycles. The van der Waals surface area contributed by atoms with Crippen LogP contribution in [-0.4, -0.2) is 28.6 Å². The largest absolute Gasteiger partial charge is 0.534 e. The van der Waals surface area contributed by atoms with E-state index in [0.29, 0.717) is 5.56 Å². The molecule has 1 unspecified atom stereocenters. The standard InChI is InChI=1S/C17H14ClF3O7S2/c1-9-3-4-14(10(2)5-9)29(22,23)28-15-7-11-6-12(18)8-13(16(11)26-15)27-30(24,25)17(19,20)21/h3-6,8,15H,7H2,1-2H3. The van der Waals surface area contributed by atoms with Gasteiger partial charge < -0.3 is 8.92 Å². The Bertz CT molecular complexity index is 1210. The molecular weight excluding hydrogens is 473 g/mol. The smallest absolute Gasteiger partial charge is 0.459 e. The Kier molecular flexibility index (Phi) is 5.73. The average molecular weight is 487 g/mol. The van der Waals surface area contributed by atoms with E-state index in [1.165, 1.54) is 12.1 Å². The molecule has 0 aliphatic carbocycles. The van der Waals surface area contributed by atoms with Crippen molar-refractivity contribution in [1.82, 2.24) is 0 Å². The topological polar surface area (TPSA) is 96.0 Å². The molecule has 0 N–H and O–H groups in total. The van der Waals surface area contributed by atoms with Gasteiger partial charge in [-0.2, -0.15) is 30.0 Å². The Balaban J connectivity index is 1.88. The SMILES string of the molecule is Cc1ccc(S(=O)(=O)OC2Cc3cc(Cl)cc(OS(=O)(=O)C(F)(F)F)c3O2)c(C)c1. The molecule has 1 heterocycles. The Morgan fingerprint density at radius 1 is 1.10 bits per heavy atom. The van der Waals surface area contributed by atoms with Crippen LogP contribution >= 0.6 is 11.6 Å². The number of rotatable bonds is 5. The Morgan fingerprint density at radius 3 is 2.37 bits per heavy atom. The molecule has 0 aromatic heterocycles. The summed E-state index contributed by atoms with van der Waals surface area (Å²) in [6, 6.07) is 6.64. The van der Waals surface area contributed by atoms with Gasteiger partial charge >= 0.3 is 25.7 Å². The van der Waals surface area contributed by atoms with E-state index in [9.17, 15) is 30.0 Å². The zero-order valence-electron chi connectivity index (χ0n) is 15.4. The van der Waals surface area contributed by atoms with Gasteiger partial charge in [0.1, 0.15) is 0 Å². The molecule has 0 radical (unpaired) electrons. The van der Waals surface area contributed by atoms with Gasteiger partial charge in [0.25, 0.3) is 0 Å². The minimum atomic E-state index is -5.99. The normalized spacial score (nSPS) is 16.8. The zero-order valence-corrected chi connectivity index (χ0v) is 17.7. The summed E-state index contributed by atoms with van der Waals surface area (Å²) in [7, 11) is -10.3. The molecule has 0 saturated heterocycles. The predicted octanol–water partition coefficient (Wildman–Crippen LogP) is 3.85. The second-order valence-electron chi connectivity index (χ2n) is 6.45. The number of alkyl halides is 3. The second-order valence-corrected chi connectivity index (χ2v) is 9.96. The van der Waals surface area contributed by atoms with Crippen molar-refractivity contribution in [3.63, 3.8) is 0 Å². The molecule has 1 aliphatic heterocycles. The van der Waals surface area contributed by atoms with Gasteiger partial charge in [0.05, 0.1) is 4.90 Å². The van der Waals surface area contributed by atoms with Gasteiger partial charge in [-0.3, -0.25) is 0 Å². The van der Waals surface area contributed by atoms with Crippen molar-refractivity contribution >= 4 is 31.8 Å². The first-order valence-corrected chi connectivity index (χ1v) is 11.4. The maximum Gasteiger partial charge on any atom is 0.534 e. The van der Waals surface area contributed by atoms with E-state index in [4.69, 9.17) is 20.5 Å². The summed E-state index contributed by atoms with van der Waals surface area (Å²) in [5.41, 5.74) is -4.30. The lowest BCUT2D eigenvalue weighted by Gasteiger charge is -2.15. The highest BCUT2D eigenvalue weighted by Crippen LogP contribution is 2.43. The number of aryl methyl sites for hydroxylation is 2. The molecule has 0 bridgehead atoms. The molecule has 0 fully saturated rings. The molecule has 0 spiro atoms. The van der Waals surface area contributed by atoms with Crippen LogP contribution in [0.5, 0.6) is 11.5 Å². The van der Waals surface area contributed by atoms with E-state index in [1.807, 2.05) is 0 Å². The number of hydrogen-bond donors (Lipinski definition) is 0. The van der Waals surface area contributed by atoms with Gasteiger partial charge in [-0.15, -0.1) is 0 Å². The fraction of sp³-hybridized carbons (Fsp3) is 0.294. The number of halogens is 4. The fourth-order valence-corrected chi connectivity index (χ4v) is 4.68. The molecular formula is C17H14ClF3O7S2. The van der Waals surface area contributed by atoms with Crippen LogP contribution in [0.3, 0.4) is 0 Å². The van der Waals surface area contributed by atoms with Crippen LogP contribution < -0.4 is 8.92 Å². The van der Waals surface area contributed by atoms with E-state index in [2.05, 4.69) is 4.18 Å². The number of ether oxygens (including phenoxy) is 1. The quantitative estimate of drug-likeness (QED) is 0.468. The second kappa shape index (κ2) is 7.59. The van der Waals surface area contributed by atoms with Crippen LogP contribution in [-0.2, 0) is 30.8 Å². The first kappa shape index (κ1) is 22.7. The lowest BCUT2D eigenvalue weighted by Crippen LogP contribution is -2.28. The lowest BCUT2D eigenvalue weighted by molar-refractivity contribution is -0.0501. The minimum absolute atomic E-state index is 0.109. The van der Waals surface area contributed by atoms with Gasteiger partial charge in [0.15, 0.2) is 11.5 Å². The van der Waals surface area contributed by atoms with Crippen LogP contribution in [0.1, 0.15) is 16.7 Å². The van der Waals surface area contributed by atoms with Crippen molar-refractivity contribution in [2.75, 3.05) is 0 Å². The molecule has 13 heteroatoms. The summed E-state index contributed by atoms with van der Waals surface area (Å²) < 4.78 is 100. The van der Waals surface area contributed by atoms with Crippen LogP contribution in [0, 0.1) is 13.8 Å². The van der Waals surface area contributed by atoms with E-state index >= 15 is 0 Å². The molecule has 0 saturated carbocycles. The minimum Gasteiger partial charge on any atom is -0.459 e.